The fourth-order valence-electron chi connectivity index (χ4n) is 3.95. The zero-order valence-electron chi connectivity index (χ0n) is 14.8. The van der Waals surface area contributed by atoms with Gasteiger partial charge in [-0.25, -0.2) is 0 Å². The molecule has 0 amide bonds. The summed E-state index contributed by atoms with van der Waals surface area (Å²) in [6, 6.07) is 29.9. The third-order valence-corrected chi connectivity index (χ3v) is 9.53. The van der Waals surface area contributed by atoms with Gasteiger partial charge in [-0.15, -0.1) is 0 Å². The van der Waals surface area contributed by atoms with Crippen LogP contribution < -0.4 is 0 Å². The molecular formula is C25H16STe. The summed E-state index contributed by atoms with van der Waals surface area (Å²) in [5, 5.41) is 8.22. The van der Waals surface area contributed by atoms with E-state index in [0.717, 1.165) is 0 Å². The maximum absolute atomic E-state index is 2.45. The Hall–Kier alpha value is -2.11. The van der Waals surface area contributed by atoms with Crippen LogP contribution in [0.4, 0.5) is 0 Å². The van der Waals surface area contributed by atoms with E-state index in [1.54, 1.807) is 6.98 Å². The van der Waals surface area contributed by atoms with Crippen LogP contribution in [-0.2, 0) is 0 Å². The van der Waals surface area contributed by atoms with Gasteiger partial charge >= 0.3 is 172 Å². The van der Waals surface area contributed by atoms with Crippen molar-refractivity contribution in [3.05, 3.63) is 83.7 Å². The van der Waals surface area contributed by atoms with Crippen molar-refractivity contribution >= 4 is 72.2 Å². The van der Waals surface area contributed by atoms with Crippen molar-refractivity contribution in [2.45, 2.75) is 6.92 Å². The second-order valence-corrected chi connectivity index (χ2v) is 11.5. The molecule has 0 bridgehead atoms. The van der Waals surface area contributed by atoms with Gasteiger partial charge in [0.05, 0.1) is 0 Å². The van der Waals surface area contributed by atoms with Gasteiger partial charge in [-0.05, 0) is 0 Å². The van der Waals surface area contributed by atoms with Crippen LogP contribution >= 0.6 is 11.3 Å². The summed E-state index contributed by atoms with van der Waals surface area (Å²) in [4.78, 5) is 1.38. The average Bonchev–Trinajstić information content (AvgIpc) is 3.24. The molecule has 2 heteroatoms. The van der Waals surface area contributed by atoms with Crippen molar-refractivity contribution in [2.75, 3.05) is 0 Å². The molecule has 27 heavy (non-hydrogen) atoms. The molecule has 2 aromatic heterocycles. The van der Waals surface area contributed by atoms with E-state index >= 15 is 0 Å². The van der Waals surface area contributed by atoms with Crippen LogP contribution in [0.25, 0.3) is 49.6 Å². The molecule has 0 unspecified atom stereocenters. The van der Waals surface area contributed by atoms with Gasteiger partial charge in [-0.3, -0.25) is 0 Å². The topological polar surface area (TPSA) is 0 Å². The molecule has 6 aromatic rings. The van der Waals surface area contributed by atoms with Crippen LogP contribution in [-0.4, -0.2) is 20.4 Å². The summed E-state index contributed by atoms with van der Waals surface area (Å²) < 4.78 is 4.51. The number of aryl methyl sites for hydroxylation is 1. The number of fused-ring (bicyclic) bond motifs is 4. The van der Waals surface area contributed by atoms with Gasteiger partial charge in [0.1, 0.15) is 0 Å². The first-order chi connectivity index (χ1) is 13.2. The van der Waals surface area contributed by atoms with E-state index in [4.69, 9.17) is 0 Å². The average molecular weight is 476 g/mol. The van der Waals surface area contributed by atoms with Crippen LogP contribution in [0, 0.1) is 6.92 Å². The minimum absolute atomic E-state index is 0.308. The van der Waals surface area contributed by atoms with Crippen molar-refractivity contribution < 1.29 is 0 Å². The third-order valence-electron chi connectivity index (χ3n) is 5.25. The summed E-state index contributed by atoms with van der Waals surface area (Å²) in [6.07, 6.45) is 0. The molecule has 2 heterocycles. The molecule has 0 aliphatic carbocycles. The van der Waals surface area contributed by atoms with E-state index in [9.17, 15) is 0 Å². The SMILES string of the molecule is Cc1cc2cc3cc4cc5cc(-c6ccccc6)[te]c5cc4cc3cc2s1. The third kappa shape index (κ3) is 2.64. The Morgan fingerprint density at radius 2 is 1.30 bits per heavy atom. The summed E-state index contributed by atoms with van der Waals surface area (Å²) in [7, 11) is 0. The molecule has 0 fully saturated rings. The second kappa shape index (κ2) is 5.94. The fourth-order valence-corrected chi connectivity index (χ4v) is 8.04. The Balaban J connectivity index is 1.61. The Morgan fingerprint density at radius 1 is 0.630 bits per heavy atom. The van der Waals surface area contributed by atoms with Crippen LogP contribution in [0.5, 0.6) is 0 Å². The van der Waals surface area contributed by atoms with E-state index in [1.165, 1.54) is 47.5 Å². The standard InChI is InChI=1S/C25H16STe/c1-15-7-21-10-17-8-18-11-22-14-24(16-5-3-2-4-6-16)27-25(22)13-20(18)9-19(17)12-23(21)26-15/h2-14H,1H3. The van der Waals surface area contributed by atoms with Gasteiger partial charge < -0.3 is 0 Å². The number of rotatable bonds is 1. The first-order valence-corrected chi connectivity index (χ1v) is 12.2. The molecule has 0 nitrogen and oxygen atoms in total. The van der Waals surface area contributed by atoms with E-state index in [0.29, 0.717) is 0 Å². The van der Waals surface area contributed by atoms with Crippen molar-refractivity contribution in [3.63, 3.8) is 0 Å². The Labute approximate surface area is 171 Å². The normalized spacial score (nSPS) is 11.9. The number of thiophene rings is 1. The zero-order valence-corrected chi connectivity index (χ0v) is 18.0. The maximum atomic E-state index is 2.45. The molecule has 0 spiro atoms. The minimum atomic E-state index is -0.308. The van der Waals surface area contributed by atoms with E-state index < -0.39 is 0 Å². The molecule has 0 saturated heterocycles. The second-order valence-electron chi connectivity index (χ2n) is 7.16. The molecule has 0 aliphatic heterocycles. The quantitative estimate of drug-likeness (QED) is 0.172. The van der Waals surface area contributed by atoms with Crippen molar-refractivity contribution in [3.8, 4) is 9.14 Å². The Kier molecular flexibility index (Phi) is 3.50. The predicted molar refractivity (Wildman–Crippen MR) is 121 cm³/mol. The van der Waals surface area contributed by atoms with Gasteiger partial charge in [-0.1, -0.05) is 0 Å². The van der Waals surface area contributed by atoms with Crippen LogP contribution in [0.15, 0.2) is 78.9 Å². The van der Waals surface area contributed by atoms with Gasteiger partial charge in [0, 0.05) is 0 Å². The molecule has 0 radical (unpaired) electrons. The fraction of sp³-hybridized carbons (Fsp3) is 0.0400. The Morgan fingerprint density at radius 3 is 2.11 bits per heavy atom. The van der Waals surface area contributed by atoms with E-state index in [1.807, 2.05) is 11.3 Å². The number of hydrogen-bond donors (Lipinski definition) is 0. The van der Waals surface area contributed by atoms with Crippen molar-refractivity contribution in [2.24, 2.45) is 0 Å². The molecule has 0 aliphatic rings. The molecule has 4 aromatic carbocycles. The van der Waals surface area contributed by atoms with Crippen LogP contribution in [0.1, 0.15) is 4.88 Å². The summed E-state index contributed by atoms with van der Waals surface area (Å²) >= 11 is 1.58. The summed E-state index contributed by atoms with van der Waals surface area (Å²) in [5.41, 5.74) is 1.39. The van der Waals surface area contributed by atoms with Gasteiger partial charge in [0.25, 0.3) is 0 Å². The first kappa shape index (κ1) is 15.9. The number of benzene rings is 4. The molecule has 6 rings (SSSR count). The van der Waals surface area contributed by atoms with E-state index in [2.05, 4.69) is 85.8 Å². The molecular weight excluding hydrogens is 460 g/mol. The summed E-state index contributed by atoms with van der Waals surface area (Å²) in [6.45, 7) is 2.19. The summed E-state index contributed by atoms with van der Waals surface area (Å²) in [5.74, 6) is 0. The number of hydrogen-bond acceptors (Lipinski definition) is 1. The van der Waals surface area contributed by atoms with Crippen molar-refractivity contribution in [1.82, 2.24) is 0 Å². The van der Waals surface area contributed by atoms with Crippen molar-refractivity contribution in [1.29, 1.82) is 0 Å². The predicted octanol–water partition coefficient (Wildman–Crippen LogP) is 7.39. The molecule has 128 valence electrons. The van der Waals surface area contributed by atoms with Gasteiger partial charge in [0.15, 0.2) is 0 Å². The van der Waals surface area contributed by atoms with Gasteiger partial charge in [-0.2, -0.15) is 0 Å². The zero-order chi connectivity index (χ0) is 18.0. The van der Waals surface area contributed by atoms with Gasteiger partial charge in [0.2, 0.25) is 0 Å². The monoisotopic (exact) mass is 478 g/mol. The van der Waals surface area contributed by atoms with Crippen LogP contribution in [0.2, 0.25) is 0 Å². The molecule has 0 atom stereocenters. The van der Waals surface area contributed by atoms with Crippen LogP contribution in [0.3, 0.4) is 0 Å². The molecule has 0 saturated carbocycles. The van der Waals surface area contributed by atoms with E-state index in [-0.39, 0.29) is 20.4 Å². The Bertz CT molecular complexity index is 1380. The first-order valence-electron chi connectivity index (χ1n) is 9.10. The molecule has 0 N–H and O–H groups in total.